The third-order valence-electron chi connectivity index (χ3n) is 1.34. The Morgan fingerprint density at radius 3 is 2.33 bits per heavy atom. The maximum atomic E-state index is 11.4. The lowest BCUT2D eigenvalue weighted by atomic mass is 10.2. The van der Waals surface area contributed by atoms with Crippen LogP contribution in [-0.4, -0.2) is 9.52 Å². The van der Waals surface area contributed by atoms with Crippen molar-refractivity contribution >= 4 is 53.6 Å². The van der Waals surface area contributed by atoms with Gasteiger partial charge in [-0.15, -0.1) is 0 Å². The molecule has 0 atom stereocenters. The van der Waals surface area contributed by atoms with Crippen molar-refractivity contribution in [3.05, 3.63) is 34.3 Å². The maximum Gasteiger partial charge on any atom is 0.188 e. The zero-order valence-electron chi connectivity index (χ0n) is 5.93. The van der Waals surface area contributed by atoms with Crippen LogP contribution in [0.25, 0.3) is 0 Å². The quantitative estimate of drug-likeness (QED) is 0.582. The summed E-state index contributed by atoms with van der Waals surface area (Å²) in [6, 6.07) is 7.33. The molecular formula is C8H5Br3O. The van der Waals surface area contributed by atoms with E-state index >= 15 is 0 Å². The van der Waals surface area contributed by atoms with Gasteiger partial charge in [-0.05, 0) is 6.07 Å². The first-order valence-corrected chi connectivity index (χ1v) is 5.82. The molecule has 0 aromatic heterocycles. The van der Waals surface area contributed by atoms with Gasteiger partial charge in [0.1, 0.15) is 3.74 Å². The molecule has 64 valence electrons. The van der Waals surface area contributed by atoms with Crippen LogP contribution in [0, 0.1) is 0 Å². The van der Waals surface area contributed by atoms with Crippen LogP contribution in [0.3, 0.4) is 0 Å². The molecule has 0 bridgehead atoms. The molecule has 0 saturated heterocycles. The summed E-state index contributed by atoms with van der Waals surface area (Å²) in [7, 11) is 0. The van der Waals surface area contributed by atoms with E-state index in [1.165, 1.54) is 0 Å². The van der Waals surface area contributed by atoms with Crippen molar-refractivity contribution in [1.29, 1.82) is 0 Å². The van der Waals surface area contributed by atoms with E-state index < -0.39 is 0 Å². The summed E-state index contributed by atoms with van der Waals surface area (Å²) in [5, 5.41) is 0. The van der Waals surface area contributed by atoms with E-state index in [0.717, 1.165) is 4.47 Å². The lowest BCUT2D eigenvalue weighted by molar-refractivity contribution is 0.101. The van der Waals surface area contributed by atoms with E-state index in [-0.39, 0.29) is 9.52 Å². The molecule has 0 aliphatic heterocycles. The molecule has 12 heavy (non-hydrogen) atoms. The van der Waals surface area contributed by atoms with Gasteiger partial charge in [-0.3, -0.25) is 4.79 Å². The number of hydrogen-bond acceptors (Lipinski definition) is 1. The normalized spacial score (nSPS) is 10.3. The molecule has 1 aromatic rings. The number of hydrogen-bond donors (Lipinski definition) is 0. The number of carbonyl (C=O) groups is 1. The SMILES string of the molecule is O=C(c1ccccc1Br)C(Br)Br. The van der Waals surface area contributed by atoms with Crippen LogP contribution in [0.1, 0.15) is 10.4 Å². The molecule has 0 aliphatic carbocycles. The van der Waals surface area contributed by atoms with Gasteiger partial charge in [0.25, 0.3) is 0 Å². The number of carbonyl (C=O) groups excluding carboxylic acids is 1. The van der Waals surface area contributed by atoms with Gasteiger partial charge in [-0.25, -0.2) is 0 Å². The molecule has 0 amide bonds. The highest BCUT2D eigenvalue weighted by atomic mass is 79.9. The van der Waals surface area contributed by atoms with Gasteiger partial charge < -0.3 is 0 Å². The Hall–Kier alpha value is 0.330. The summed E-state index contributed by atoms with van der Waals surface area (Å²) in [5.74, 6) is 0.0162. The lowest BCUT2D eigenvalue weighted by Crippen LogP contribution is -2.07. The smallest absolute Gasteiger partial charge is 0.188 e. The Labute approximate surface area is 95.9 Å². The predicted molar refractivity (Wildman–Crippen MR) is 60.1 cm³/mol. The van der Waals surface area contributed by atoms with Gasteiger partial charge in [0.2, 0.25) is 0 Å². The van der Waals surface area contributed by atoms with Crippen molar-refractivity contribution in [2.24, 2.45) is 0 Å². The second-order valence-electron chi connectivity index (χ2n) is 2.14. The van der Waals surface area contributed by atoms with Crippen LogP contribution >= 0.6 is 47.8 Å². The fraction of sp³-hybridized carbons (Fsp3) is 0.125. The summed E-state index contributed by atoms with van der Waals surface area (Å²) in [5.41, 5.74) is 0.677. The summed E-state index contributed by atoms with van der Waals surface area (Å²) < 4.78 is 0.502. The van der Waals surface area contributed by atoms with E-state index in [0.29, 0.717) is 5.56 Å². The Kier molecular flexibility index (Phi) is 3.93. The lowest BCUT2D eigenvalue weighted by Gasteiger charge is -2.02. The first kappa shape index (κ1) is 10.4. The number of alkyl halides is 2. The monoisotopic (exact) mass is 354 g/mol. The molecule has 0 fully saturated rings. The minimum Gasteiger partial charge on any atom is -0.292 e. The molecule has 1 rings (SSSR count). The summed E-state index contributed by atoms with van der Waals surface area (Å²) in [6.07, 6.45) is 0. The molecule has 1 aromatic carbocycles. The molecule has 0 saturated carbocycles. The minimum atomic E-state index is -0.316. The van der Waals surface area contributed by atoms with Gasteiger partial charge in [0.15, 0.2) is 5.78 Å². The molecular weight excluding hydrogens is 352 g/mol. The van der Waals surface area contributed by atoms with Crippen LogP contribution in [0.2, 0.25) is 0 Å². The zero-order chi connectivity index (χ0) is 9.14. The number of Topliss-reactive ketones (excluding diaryl/α,β-unsaturated/α-hetero) is 1. The van der Waals surface area contributed by atoms with Gasteiger partial charge in [-0.1, -0.05) is 66.0 Å². The Morgan fingerprint density at radius 2 is 1.83 bits per heavy atom. The summed E-state index contributed by atoms with van der Waals surface area (Å²) >= 11 is 9.62. The van der Waals surface area contributed by atoms with Crippen molar-refractivity contribution < 1.29 is 4.79 Å². The van der Waals surface area contributed by atoms with Crippen LogP contribution < -0.4 is 0 Å². The number of rotatable bonds is 2. The highest BCUT2D eigenvalue weighted by Crippen LogP contribution is 2.22. The number of halogens is 3. The Morgan fingerprint density at radius 1 is 1.25 bits per heavy atom. The maximum absolute atomic E-state index is 11.4. The number of ketones is 1. The van der Waals surface area contributed by atoms with E-state index in [1.807, 2.05) is 18.2 Å². The average molecular weight is 357 g/mol. The van der Waals surface area contributed by atoms with Crippen LogP contribution in [0.5, 0.6) is 0 Å². The second-order valence-corrected chi connectivity index (χ2v) is 6.06. The van der Waals surface area contributed by atoms with E-state index in [1.54, 1.807) is 6.07 Å². The zero-order valence-corrected chi connectivity index (χ0v) is 10.7. The largest absolute Gasteiger partial charge is 0.292 e. The summed E-state index contributed by atoms with van der Waals surface area (Å²) in [4.78, 5) is 11.4. The summed E-state index contributed by atoms with van der Waals surface area (Å²) in [6.45, 7) is 0. The minimum absolute atomic E-state index is 0.0162. The first-order valence-electron chi connectivity index (χ1n) is 3.20. The predicted octanol–water partition coefficient (Wildman–Crippen LogP) is 3.75. The highest BCUT2D eigenvalue weighted by Gasteiger charge is 2.15. The van der Waals surface area contributed by atoms with E-state index in [2.05, 4.69) is 47.8 Å². The fourth-order valence-electron chi connectivity index (χ4n) is 0.779. The van der Waals surface area contributed by atoms with Crippen molar-refractivity contribution in [1.82, 2.24) is 0 Å². The van der Waals surface area contributed by atoms with Gasteiger partial charge >= 0.3 is 0 Å². The van der Waals surface area contributed by atoms with Crippen molar-refractivity contribution in [2.75, 3.05) is 0 Å². The van der Waals surface area contributed by atoms with Crippen molar-refractivity contribution in [3.63, 3.8) is 0 Å². The molecule has 0 unspecified atom stereocenters. The molecule has 0 radical (unpaired) electrons. The highest BCUT2D eigenvalue weighted by molar-refractivity contribution is 9.25. The van der Waals surface area contributed by atoms with Crippen LogP contribution in [0.15, 0.2) is 28.7 Å². The number of benzene rings is 1. The van der Waals surface area contributed by atoms with E-state index in [9.17, 15) is 4.79 Å². The van der Waals surface area contributed by atoms with Crippen molar-refractivity contribution in [3.8, 4) is 0 Å². The average Bonchev–Trinajstić information content (AvgIpc) is 2.04. The second kappa shape index (κ2) is 4.53. The molecule has 0 spiro atoms. The van der Waals surface area contributed by atoms with Gasteiger partial charge in [0.05, 0.1) is 0 Å². The standard InChI is InChI=1S/C8H5Br3O/c9-6-4-2-1-3-5(6)7(12)8(10)11/h1-4,8H. The van der Waals surface area contributed by atoms with Crippen LogP contribution in [0.4, 0.5) is 0 Å². The third kappa shape index (κ3) is 2.41. The van der Waals surface area contributed by atoms with Gasteiger partial charge in [-0.2, -0.15) is 0 Å². The molecule has 0 heterocycles. The molecule has 4 heteroatoms. The topological polar surface area (TPSA) is 17.1 Å². The van der Waals surface area contributed by atoms with Crippen LogP contribution in [-0.2, 0) is 0 Å². The Balaban J connectivity index is 3.03. The molecule has 1 nitrogen and oxygen atoms in total. The third-order valence-corrected chi connectivity index (χ3v) is 2.86. The molecule has 0 aliphatic rings. The first-order chi connectivity index (χ1) is 5.63. The van der Waals surface area contributed by atoms with E-state index in [4.69, 9.17) is 0 Å². The molecule has 0 N–H and O–H groups in total. The Bertz CT molecular complexity index is 296. The van der Waals surface area contributed by atoms with Gasteiger partial charge in [0, 0.05) is 10.0 Å². The fourth-order valence-corrected chi connectivity index (χ4v) is 1.75. The van der Waals surface area contributed by atoms with Crippen molar-refractivity contribution in [2.45, 2.75) is 3.74 Å².